The third-order valence-corrected chi connectivity index (χ3v) is 1.95. The van der Waals surface area contributed by atoms with Crippen molar-refractivity contribution < 1.29 is 9.47 Å². The maximum absolute atomic E-state index is 5.32. The standard InChI is InChI=1S/C10H23NO2/c1-5-10(8-12-4)11-9(3)7-13-6-2/h9-11H,5-8H2,1-4H3. The molecular formula is C10H23NO2. The van der Waals surface area contributed by atoms with Gasteiger partial charge in [0.15, 0.2) is 0 Å². The van der Waals surface area contributed by atoms with Crippen LogP contribution in [-0.4, -0.2) is 39.0 Å². The van der Waals surface area contributed by atoms with Crippen LogP contribution in [-0.2, 0) is 9.47 Å². The van der Waals surface area contributed by atoms with Crippen molar-refractivity contribution in [1.82, 2.24) is 5.32 Å². The first-order valence-electron chi connectivity index (χ1n) is 5.07. The minimum absolute atomic E-state index is 0.403. The lowest BCUT2D eigenvalue weighted by Gasteiger charge is -2.21. The molecule has 0 rings (SSSR count). The summed E-state index contributed by atoms with van der Waals surface area (Å²) >= 11 is 0. The highest BCUT2D eigenvalue weighted by molar-refractivity contribution is 4.69. The van der Waals surface area contributed by atoms with Gasteiger partial charge in [0.1, 0.15) is 0 Å². The van der Waals surface area contributed by atoms with Crippen LogP contribution in [0.15, 0.2) is 0 Å². The highest BCUT2D eigenvalue weighted by atomic mass is 16.5. The predicted molar refractivity (Wildman–Crippen MR) is 55.0 cm³/mol. The summed E-state index contributed by atoms with van der Waals surface area (Å²) < 4.78 is 10.4. The molecule has 0 aliphatic carbocycles. The molecule has 0 amide bonds. The Kier molecular flexibility index (Phi) is 8.40. The Morgan fingerprint density at radius 2 is 1.92 bits per heavy atom. The Bertz CT molecular complexity index is 109. The Morgan fingerprint density at radius 3 is 2.38 bits per heavy atom. The summed E-state index contributed by atoms with van der Waals surface area (Å²) in [7, 11) is 1.73. The fourth-order valence-electron chi connectivity index (χ4n) is 1.23. The molecule has 0 aliphatic heterocycles. The topological polar surface area (TPSA) is 30.5 Å². The van der Waals surface area contributed by atoms with Gasteiger partial charge in [-0.15, -0.1) is 0 Å². The maximum Gasteiger partial charge on any atom is 0.0616 e. The van der Waals surface area contributed by atoms with E-state index in [1.165, 1.54) is 0 Å². The van der Waals surface area contributed by atoms with Crippen LogP contribution in [0.3, 0.4) is 0 Å². The normalized spacial score (nSPS) is 15.7. The van der Waals surface area contributed by atoms with Crippen LogP contribution < -0.4 is 5.32 Å². The molecule has 0 spiro atoms. The summed E-state index contributed by atoms with van der Waals surface area (Å²) in [5.41, 5.74) is 0. The van der Waals surface area contributed by atoms with Gasteiger partial charge in [0.05, 0.1) is 13.2 Å². The summed E-state index contributed by atoms with van der Waals surface area (Å²) in [4.78, 5) is 0. The fraction of sp³-hybridized carbons (Fsp3) is 1.00. The van der Waals surface area contributed by atoms with Crippen LogP contribution in [0.25, 0.3) is 0 Å². The van der Waals surface area contributed by atoms with E-state index in [0.29, 0.717) is 12.1 Å². The summed E-state index contributed by atoms with van der Waals surface area (Å²) in [6.07, 6.45) is 1.09. The van der Waals surface area contributed by atoms with E-state index in [9.17, 15) is 0 Å². The second-order valence-electron chi connectivity index (χ2n) is 3.29. The van der Waals surface area contributed by atoms with Crippen LogP contribution in [0.2, 0.25) is 0 Å². The van der Waals surface area contributed by atoms with E-state index in [0.717, 1.165) is 26.2 Å². The molecule has 13 heavy (non-hydrogen) atoms. The molecule has 3 heteroatoms. The number of rotatable bonds is 8. The van der Waals surface area contributed by atoms with Crippen molar-refractivity contribution in [3.8, 4) is 0 Å². The molecule has 80 valence electrons. The van der Waals surface area contributed by atoms with E-state index in [1.54, 1.807) is 7.11 Å². The van der Waals surface area contributed by atoms with Gasteiger partial charge in [0, 0.05) is 25.8 Å². The number of methoxy groups -OCH3 is 1. The van der Waals surface area contributed by atoms with E-state index in [1.807, 2.05) is 6.92 Å². The van der Waals surface area contributed by atoms with Crippen LogP contribution in [0, 0.1) is 0 Å². The predicted octanol–water partition coefficient (Wildman–Crippen LogP) is 1.43. The van der Waals surface area contributed by atoms with Crippen LogP contribution in [0.5, 0.6) is 0 Å². The molecule has 0 aromatic rings. The van der Waals surface area contributed by atoms with Crippen molar-refractivity contribution in [3.63, 3.8) is 0 Å². The molecule has 0 aromatic heterocycles. The largest absolute Gasteiger partial charge is 0.383 e. The fourth-order valence-corrected chi connectivity index (χ4v) is 1.23. The second kappa shape index (κ2) is 8.48. The highest BCUT2D eigenvalue weighted by Crippen LogP contribution is 1.95. The van der Waals surface area contributed by atoms with Gasteiger partial charge in [0.25, 0.3) is 0 Å². The molecule has 0 heterocycles. The van der Waals surface area contributed by atoms with Crippen molar-refractivity contribution in [2.45, 2.75) is 39.3 Å². The van der Waals surface area contributed by atoms with E-state index in [-0.39, 0.29) is 0 Å². The van der Waals surface area contributed by atoms with Gasteiger partial charge in [-0.1, -0.05) is 6.92 Å². The van der Waals surface area contributed by atoms with E-state index < -0.39 is 0 Å². The molecule has 0 aliphatic rings. The van der Waals surface area contributed by atoms with Crippen LogP contribution in [0.4, 0.5) is 0 Å². The van der Waals surface area contributed by atoms with Crippen molar-refractivity contribution >= 4 is 0 Å². The molecule has 0 radical (unpaired) electrons. The lowest BCUT2D eigenvalue weighted by atomic mass is 10.2. The van der Waals surface area contributed by atoms with Crippen LogP contribution in [0.1, 0.15) is 27.2 Å². The lowest BCUT2D eigenvalue weighted by Crippen LogP contribution is -2.41. The third kappa shape index (κ3) is 6.99. The smallest absolute Gasteiger partial charge is 0.0616 e. The molecule has 0 fully saturated rings. The van der Waals surface area contributed by atoms with Gasteiger partial charge < -0.3 is 14.8 Å². The second-order valence-corrected chi connectivity index (χ2v) is 3.29. The zero-order chi connectivity index (χ0) is 10.1. The minimum atomic E-state index is 0.403. The van der Waals surface area contributed by atoms with Gasteiger partial charge >= 0.3 is 0 Å². The lowest BCUT2D eigenvalue weighted by molar-refractivity contribution is 0.109. The SMILES string of the molecule is CCOCC(C)NC(CC)COC. The molecule has 2 atom stereocenters. The maximum atomic E-state index is 5.32. The molecule has 0 bridgehead atoms. The first kappa shape index (κ1) is 12.9. The van der Waals surface area contributed by atoms with Crippen molar-refractivity contribution in [3.05, 3.63) is 0 Å². The molecule has 1 N–H and O–H groups in total. The van der Waals surface area contributed by atoms with Crippen LogP contribution >= 0.6 is 0 Å². The first-order chi connectivity index (χ1) is 6.24. The molecule has 0 aromatic carbocycles. The van der Waals surface area contributed by atoms with Gasteiger partial charge in [-0.25, -0.2) is 0 Å². The van der Waals surface area contributed by atoms with Crippen molar-refractivity contribution in [1.29, 1.82) is 0 Å². The summed E-state index contributed by atoms with van der Waals surface area (Å²) in [5.74, 6) is 0. The van der Waals surface area contributed by atoms with Gasteiger partial charge in [0.2, 0.25) is 0 Å². The average Bonchev–Trinajstić information content (AvgIpc) is 2.14. The minimum Gasteiger partial charge on any atom is -0.383 e. The average molecular weight is 189 g/mol. The van der Waals surface area contributed by atoms with Crippen molar-refractivity contribution in [2.75, 3.05) is 26.9 Å². The Morgan fingerprint density at radius 1 is 1.23 bits per heavy atom. The Labute approximate surface area is 81.8 Å². The number of hydrogen-bond donors (Lipinski definition) is 1. The first-order valence-corrected chi connectivity index (χ1v) is 5.07. The van der Waals surface area contributed by atoms with Crippen molar-refractivity contribution in [2.24, 2.45) is 0 Å². The highest BCUT2D eigenvalue weighted by Gasteiger charge is 2.09. The third-order valence-electron chi connectivity index (χ3n) is 1.95. The van der Waals surface area contributed by atoms with Gasteiger partial charge in [-0.2, -0.15) is 0 Å². The Hall–Kier alpha value is -0.120. The Balaban J connectivity index is 3.53. The molecule has 0 saturated carbocycles. The summed E-state index contributed by atoms with van der Waals surface area (Å²) in [6, 6.07) is 0.848. The van der Waals surface area contributed by atoms with E-state index in [4.69, 9.17) is 9.47 Å². The molecule has 3 nitrogen and oxygen atoms in total. The number of nitrogens with one attached hydrogen (secondary N) is 1. The quantitative estimate of drug-likeness (QED) is 0.626. The molecule has 2 unspecified atom stereocenters. The summed E-state index contributed by atoms with van der Waals surface area (Å²) in [5, 5.41) is 3.45. The van der Waals surface area contributed by atoms with Gasteiger partial charge in [-0.05, 0) is 20.3 Å². The number of ether oxygens (including phenoxy) is 2. The molecular weight excluding hydrogens is 166 g/mol. The zero-order valence-corrected chi connectivity index (χ0v) is 9.30. The number of hydrogen-bond acceptors (Lipinski definition) is 3. The van der Waals surface area contributed by atoms with E-state index >= 15 is 0 Å². The monoisotopic (exact) mass is 189 g/mol. The summed E-state index contributed by atoms with van der Waals surface area (Å²) in [6.45, 7) is 8.63. The van der Waals surface area contributed by atoms with E-state index in [2.05, 4.69) is 19.2 Å². The zero-order valence-electron chi connectivity index (χ0n) is 9.30. The molecule has 0 saturated heterocycles. The van der Waals surface area contributed by atoms with Gasteiger partial charge in [-0.3, -0.25) is 0 Å².